The molecule has 1 aliphatic rings. The van der Waals surface area contributed by atoms with Crippen molar-refractivity contribution < 1.29 is 23.9 Å². The predicted molar refractivity (Wildman–Crippen MR) is 93.9 cm³/mol. The summed E-state index contributed by atoms with van der Waals surface area (Å²) in [5, 5.41) is 7.84. The smallest absolute Gasteiger partial charge is 0.325 e. The molecule has 8 nitrogen and oxygen atoms in total. The number of carbonyl (C=O) groups is 4. The van der Waals surface area contributed by atoms with E-state index in [4.69, 9.17) is 27.9 Å². The lowest BCUT2D eigenvalue weighted by molar-refractivity contribution is -0.148. The number of amides is 3. The van der Waals surface area contributed by atoms with Crippen LogP contribution in [0.25, 0.3) is 0 Å². The molecule has 140 valence electrons. The lowest BCUT2D eigenvalue weighted by Crippen LogP contribution is -2.40. The minimum absolute atomic E-state index is 0.156. The van der Waals surface area contributed by atoms with Crippen LogP contribution >= 0.6 is 23.2 Å². The van der Waals surface area contributed by atoms with E-state index in [1.807, 2.05) is 0 Å². The Bertz CT molecular complexity index is 722. The van der Waals surface area contributed by atoms with Crippen molar-refractivity contribution in [2.45, 2.75) is 18.9 Å². The molecule has 3 N–H and O–H groups in total. The van der Waals surface area contributed by atoms with Gasteiger partial charge in [-0.25, -0.2) is 0 Å². The van der Waals surface area contributed by atoms with Crippen LogP contribution in [-0.4, -0.2) is 49.4 Å². The minimum atomic E-state index is -0.753. The third-order valence-electron chi connectivity index (χ3n) is 3.32. The largest absolute Gasteiger partial charge is 0.454 e. The summed E-state index contributed by atoms with van der Waals surface area (Å²) in [5.74, 6) is -2.28. The molecule has 0 aliphatic heterocycles. The van der Waals surface area contributed by atoms with E-state index in [-0.39, 0.29) is 29.1 Å². The molecule has 2 rings (SSSR count). The van der Waals surface area contributed by atoms with Crippen molar-refractivity contribution in [1.29, 1.82) is 0 Å². The molecule has 1 aromatic carbocycles. The van der Waals surface area contributed by atoms with E-state index >= 15 is 0 Å². The van der Waals surface area contributed by atoms with Gasteiger partial charge in [-0.1, -0.05) is 23.2 Å². The van der Waals surface area contributed by atoms with Gasteiger partial charge in [0.25, 0.3) is 11.8 Å². The second kappa shape index (κ2) is 9.40. The van der Waals surface area contributed by atoms with Gasteiger partial charge in [0, 0.05) is 11.1 Å². The topological polar surface area (TPSA) is 114 Å². The van der Waals surface area contributed by atoms with E-state index in [1.54, 1.807) is 0 Å². The molecule has 0 aromatic heterocycles. The molecule has 0 atom stereocenters. The van der Waals surface area contributed by atoms with Crippen LogP contribution in [0.5, 0.6) is 0 Å². The number of halogens is 2. The highest BCUT2D eigenvalue weighted by atomic mass is 35.5. The first-order chi connectivity index (χ1) is 12.3. The van der Waals surface area contributed by atoms with Crippen LogP contribution in [0.2, 0.25) is 10.0 Å². The quantitative estimate of drug-likeness (QED) is 0.553. The fourth-order valence-corrected chi connectivity index (χ4v) is 2.35. The maximum Gasteiger partial charge on any atom is 0.325 e. The number of carbonyl (C=O) groups excluding carboxylic acids is 4. The van der Waals surface area contributed by atoms with Crippen LogP contribution in [0.4, 0.5) is 0 Å². The van der Waals surface area contributed by atoms with Gasteiger partial charge in [0.15, 0.2) is 6.61 Å². The average Bonchev–Trinajstić information content (AvgIpc) is 3.39. The third-order valence-corrected chi connectivity index (χ3v) is 3.87. The Morgan fingerprint density at radius 2 is 1.77 bits per heavy atom. The van der Waals surface area contributed by atoms with E-state index in [2.05, 4.69) is 16.0 Å². The van der Waals surface area contributed by atoms with Crippen molar-refractivity contribution >= 4 is 46.9 Å². The molecule has 1 saturated carbocycles. The van der Waals surface area contributed by atoms with Gasteiger partial charge in [-0.3, -0.25) is 19.2 Å². The highest BCUT2D eigenvalue weighted by Gasteiger charge is 2.23. The number of ether oxygens (including phenoxy) is 1. The Balaban J connectivity index is 1.63. The van der Waals surface area contributed by atoms with Gasteiger partial charge in [0.1, 0.15) is 6.54 Å². The molecule has 26 heavy (non-hydrogen) atoms. The van der Waals surface area contributed by atoms with Crippen molar-refractivity contribution in [3.8, 4) is 0 Å². The molecule has 0 saturated heterocycles. The van der Waals surface area contributed by atoms with Gasteiger partial charge < -0.3 is 20.7 Å². The van der Waals surface area contributed by atoms with Crippen LogP contribution < -0.4 is 16.0 Å². The lowest BCUT2D eigenvalue weighted by atomic mass is 10.2. The van der Waals surface area contributed by atoms with E-state index in [0.717, 1.165) is 12.8 Å². The van der Waals surface area contributed by atoms with Crippen LogP contribution in [0, 0.1) is 0 Å². The Kier molecular flexibility index (Phi) is 7.23. The number of benzene rings is 1. The van der Waals surface area contributed by atoms with Crippen molar-refractivity contribution in [3.63, 3.8) is 0 Å². The second-order valence-electron chi connectivity index (χ2n) is 5.59. The zero-order valence-corrected chi connectivity index (χ0v) is 15.2. The normalized spacial score (nSPS) is 12.8. The molecule has 0 bridgehead atoms. The Morgan fingerprint density at radius 3 is 2.42 bits per heavy atom. The SMILES string of the molecule is O=C(CNC(=O)c1ccc(Cl)cc1Cl)NCC(=O)OCC(=O)NC1CC1. The Hall–Kier alpha value is -2.32. The van der Waals surface area contributed by atoms with Crippen molar-refractivity contribution in [3.05, 3.63) is 33.8 Å². The molecular formula is C16H17Cl2N3O5. The van der Waals surface area contributed by atoms with Crippen LogP contribution in [0.15, 0.2) is 18.2 Å². The molecular weight excluding hydrogens is 385 g/mol. The van der Waals surface area contributed by atoms with Crippen molar-refractivity contribution in [2.24, 2.45) is 0 Å². The van der Waals surface area contributed by atoms with E-state index < -0.39 is 30.9 Å². The summed E-state index contributed by atoms with van der Waals surface area (Å²) in [5.41, 5.74) is 0.171. The summed E-state index contributed by atoms with van der Waals surface area (Å²) in [7, 11) is 0. The summed E-state index contributed by atoms with van der Waals surface area (Å²) in [6.45, 7) is -1.16. The number of nitrogens with one attached hydrogen (secondary N) is 3. The molecule has 1 fully saturated rings. The minimum Gasteiger partial charge on any atom is -0.454 e. The van der Waals surface area contributed by atoms with Crippen LogP contribution in [-0.2, 0) is 19.1 Å². The van der Waals surface area contributed by atoms with Gasteiger partial charge >= 0.3 is 5.97 Å². The monoisotopic (exact) mass is 401 g/mol. The van der Waals surface area contributed by atoms with Crippen molar-refractivity contribution in [2.75, 3.05) is 19.7 Å². The standard InChI is InChI=1S/C16H17Cl2N3O5/c17-9-1-4-11(12(18)5-9)16(25)20-6-13(22)19-7-15(24)26-8-14(23)21-10-2-3-10/h1,4-5,10H,2-3,6-8H2,(H,19,22)(H,20,25)(H,21,23). The zero-order valence-electron chi connectivity index (χ0n) is 13.6. The van der Waals surface area contributed by atoms with Gasteiger partial charge in [-0.2, -0.15) is 0 Å². The number of hydrogen-bond donors (Lipinski definition) is 3. The van der Waals surface area contributed by atoms with Gasteiger partial charge in [0.05, 0.1) is 17.1 Å². The first-order valence-corrected chi connectivity index (χ1v) is 8.55. The summed E-state index contributed by atoms with van der Waals surface area (Å²) in [6, 6.07) is 4.52. The molecule has 1 aliphatic carbocycles. The van der Waals surface area contributed by atoms with E-state index in [9.17, 15) is 19.2 Å². The Morgan fingerprint density at radius 1 is 1.04 bits per heavy atom. The number of rotatable bonds is 8. The first-order valence-electron chi connectivity index (χ1n) is 7.80. The molecule has 0 spiro atoms. The fraction of sp³-hybridized carbons (Fsp3) is 0.375. The molecule has 0 radical (unpaired) electrons. The molecule has 3 amide bonds. The van der Waals surface area contributed by atoms with Gasteiger partial charge in [-0.15, -0.1) is 0 Å². The first kappa shape index (κ1) is 20.0. The van der Waals surface area contributed by atoms with Gasteiger partial charge in [0.2, 0.25) is 5.91 Å². The molecule has 1 aromatic rings. The van der Waals surface area contributed by atoms with Crippen LogP contribution in [0.3, 0.4) is 0 Å². The fourth-order valence-electron chi connectivity index (χ4n) is 1.86. The second-order valence-corrected chi connectivity index (χ2v) is 6.43. The maximum atomic E-state index is 11.9. The predicted octanol–water partition coefficient (Wildman–Crippen LogP) is 0.661. The maximum absolute atomic E-state index is 11.9. The van der Waals surface area contributed by atoms with E-state index in [1.165, 1.54) is 18.2 Å². The van der Waals surface area contributed by atoms with Crippen molar-refractivity contribution in [1.82, 2.24) is 16.0 Å². The summed E-state index contributed by atoms with van der Waals surface area (Å²) >= 11 is 11.6. The summed E-state index contributed by atoms with van der Waals surface area (Å²) in [4.78, 5) is 46.4. The average molecular weight is 402 g/mol. The lowest BCUT2D eigenvalue weighted by Gasteiger charge is -2.08. The summed E-state index contributed by atoms with van der Waals surface area (Å²) < 4.78 is 4.72. The van der Waals surface area contributed by atoms with Gasteiger partial charge in [-0.05, 0) is 31.0 Å². The highest BCUT2D eigenvalue weighted by molar-refractivity contribution is 6.36. The summed E-state index contributed by atoms with van der Waals surface area (Å²) in [6.07, 6.45) is 1.87. The Labute approximate surface area is 159 Å². The zero-order chi connectivity index (χ0) is 19.1. The van der Waals surface area contributed by atoms with Crippen LogP contribution in [0.1, 0.15) is 23.2 Å². The molecule has 10 heteroatoms. The third kappa shape index (κ3) is 6.89. The van der Waals surface area contributed by atoms with E-state index in [0.29, 0.717) is 5.02 Å². The highest BCUT2D eigenvalue weighted by Crippen LogP contribution is 2.20. The number of hydrogen-bond acceptors (Lipinski definition) is 5. The molecule has 0 unspecified atom stereocenters. The molecule has 0 heterocycles. The number of esters is 1.